The van der Waals surface area contributed by atoms with Gasteiger partial charge in [-0.3, -0.25) is 4.79 Å². The highest BCUT2D eigenvalue weighted by Crippen LogP contribution is 2.27. The molecule has 6 heteroatoms. The van der Waals surface area contributed by atoms with Crippen LogP contribution in [0, 0.1) is 5.82 Å². The molecule has 130 valence electrons. The number of nitrogens with one attached hydrogen (secondary N) is 2. The first-order valence-electron chi connectivity index (χ1n) is 8.73. The van der Waals surface area contributed by atoms with Crippen LogP contribution in [0.1, 0.15) is 45.3 Å². The van der Waals surface area contributed by atoms with Crippen LogP contribution in [-0.2, 0) is 19.3 Å². The lowest BCUT2D eigenvalue weighted by atomic mass is 10.0. The van der Waals surface area contributed by atoms with Crippen molar-refractivity contribution in [3.8, 4) is 0 Å². The van der Waals surface area contributed by atoms with Gasteiger partial charge in [0.1, 0.15) is 11.5 Å². The molecule has 4 nitrogen and oxygen atoms in total. The van der Waals surface area contributed by atoms with Crippen molar-refractivity contribution in [3.05, 3.63) is 51.4 Å². The standard InChI is InChI=1S/C19H20FN3OS/c20-13-5-3-7-14-12(13)11-16(22-14)19(24)21-10-4-9-18-23-15-6-1-2-8-17(15)25-18/h3,5,7,11,22H,1-2,4,6,8-10H2,(H,21,24). The molecule has 2 N–H and O–H groups in total. The van der Waals surface area contributed by atoms with E-state index < -0.39 is 0 Å². The van der Waals surface area contributed by atoms with Crippen LogP contribution in [0.3, 0.4) is 0 Å². The number of carbonyl (C=O) groups excluding carboxylic acids is 1. The highest BCUT2D eigenvalue weighted by Gasteiger charge is 2.15. The molecule has 0 saturated carbocycles. The Bertz CT molecular complexity index is 891. The normalized spacial score (nSPS) is 13.8. The summed E-state index contributed by atoms with van der Waals surface area (Å²) in [7, 11) is 0. The molecule has 1 aliphatic rings. The van der Waals surface area contributed by atoms with Crippen molar-refractivity contribution in [2.45, 2.75) is 38.5 Å². The molecule has 0 bridgehead atoms. The zero-order chi connectivity index (χ0) is 17.2. The molecule has 25 heavy (non-hydrogen) atoms. The van der Waals surface area contributed by atoms with E-state index in [-0.39, 0.29) is 11.7 Å². The van der Waals surface area contributed by atoms with Gasteiger partial charge in [0.15, 0.2) is 0 Å². The van der Waals surface area contributed by atoms with Crippen LogP contribution in [0.15, 0.2) is 24.3 Å². The second-order valence-electron chi connectivity index (χ2n) is 6.43. The number of hydrogen-bond acceptors (Lipinski definition) is 3. The van der Waals surface area contributed by atoms with Crippen LogP contribution in [0.4, 0.5) is 4.39 Å². The first kappa shape index (κ1) is 16.3. The molecule has 3 aromatic rings. The molecule has 0 unspecified atom stereocenters. The van der Waals surface area contributed by atoms with Crippen molar-refractivity contribution in [1.82, 2.24) is 15.3 Å². The number of fused-ring (bicyclic) bond motifs is 2. The molecule has 4 rings (SSSR count). The van der Waals surface area contributed by atoms with Crippen molar-refractivity contribution in [2.24, 2.45) is 0 Å². The van der Waals surface area contributed by atoms with Crippen molar-refractivity contribution < 1.29 is 9.18 Å². The van der Waals surface area contributed by atoms with E-state index in [1.54, 1.807) is 18.2 Å². The SMILES string of the molecule is O=C(NCCCc1nc2c(s1)CCCC2)c1cc2c(F)cccc2[nH]1. The molecule has 1 aromatic carbocycles. The Morgan fingerprint density at radius 3 is 3.04 bits per heavy atom. The van der Waals surface area contributed by atoms with E-state index in [4.69, 9.17) is 4.98 Å². The van der Waals surface area contributed by atoms with Crippen LogP contribution < -0.4 is 5.32 Å². The number of aryl methyl sites for hydroxylation is 3. The minimum absolute atomic E-state index is 0.200. The van der Waals surface area contributed by atoms with Gasteiger partial charge in [0.2, 0.25) is 0 Å². The third-order valence-electron chi connectivity index (χ3n) is 4.60. The molecule has 0 radical (unpaired) electrons. The van der Waals surface area contributed by atoms with Gasteiger partial charge in [-0.25, -0.2) is 9.37 Å². The first-order chi connectivity index (χ1) is 12.2. The van der Waals surface area contributed by atoms with Crippen molar-refractivity contribution in [1.29, 1.82) is 0 Å². The number of halogens is 1. The number of benzene rings is 1. The van der Waals surface area contributed by atoms with Gasteiger partial charge in [-0.15, -0.1) is 11.3 Å². The van der Waals surface area contributed by atoms with Gasteiger partial charge in [-0.05, 0) is 50.3 Å². The smallest absolute Gasteiger partial charge is 0.267 e. The maximum Gasteiger partial charge on any atom is 0.267 e. The molecule has 0 aliphatic heterocycles. The van der Waals surface area contributed by atoms with Gasteiger partial charge in [0.05, 0.1) is 10.7 Å². The predicted octanol–water partition coefficient (Wildman–Crippen LogP) is 4.00. The molecule has 1 amide bonds. The maximum absolute atomic E-state index is 13.7. The second kappa shape index (κ2) is 6.96. The van der Waals surface area contributed by atoms with E-state index >= 15 is 0 Å². The summed E-state index contributed by atoms with van der Waals surface area (Å²) < 4.78 is 13.7. The zero-order valence-corrected chi connectivity index (χ0v) is 14.7. The van der Waals surface area contributed by atoms with E-state index in [1.165, 1.54) is 40.9 Å². The monoisotopic (exact) mass is 357 g/mol. The molecule has 0 fully saturated rings. The van der Waals surface area contributed by atoms with Crippen LogP contribution in [0.5, 0.6) is 0 Å². The van der Waals surface area contributed by atoms with Crippen LogP contribution in [0.25, 0.3) is 10.9 Å². The topological polar surface area (TPSA) is 57.8 Å². The Kier molecular flexibility index (Phi) is 4.53. The number of H-pyrrole nitrogens is 1. The number of thiazole rings is 1. The Morgan fingerprint density at radius 1 is 1.32 bits per heavy atom. The van der Waals surface area contributed by atoms with E-state index in [0.717, 1.165) is 19.3 Å². The van der Waals surface area contributed by atoms with Crippen LogP contribution in [-0.4, -0.2) is 22.4 Å². The fourth-order valence-corrected chi connectivity index (χ4v) is 4.49. The molecule has 0 spiro atoms. The number of amides is 1. The summed E-state index contributed by atoms with van der Waals surface area (Å²) in [6.45, 7) is 0.584. The number of rotatable bonds is 5. The quantitative estimate of drug-likeness (QED) is 0.678. The highest BCUT2D eigenvalue weighted by atomic mass is 32.1. The van der Waals surface area contributed by atoms with Gasteiger partial charge >= 0.3 is 0 Å². The summed E-state index contributed by atoms with van der Waals surface area (Å²) in [5.74, 6) is -0.519. The third kappa shape index (κ3) is 3.44. The van der Waals surface area contributed by atoms with Gasteiger partial charge in [-0.2, -0.15) is 0 Å². The van der Waals surface area contributed by atoms with Crippen LogP contribution >= 0.6 is 11.3 Å². The lowest BCUT2D eigenvalue weighted by Crippen LogP contribution is -2.25. The molecule has 1 aliphatic carbocycles. The van der Waals surface area contributed by atoms with Gasteiger partial charge < -0.3 is 10.3 Å². The van der Waals surface area contributed by atoms with Crippen molar-refractivity contribution in [2.75, 3.05) is 6.54 Å². The predicted molar refractivity (Wildman–Crippen MR) is 97.7 cm³/mol. The van der Waals surface area contributed by atoms with Crippen molar-refractivity contribution in [3.63, 3.8) is 0 Å². The van der Waals surface area contributed by atoms with E-state index in [0.29, 0.717) is 23.1 Å². The molecular weight excluding hydrogens is 337 g/mol. The first-order valence-corrected chi connectivity index (χ1v) is 9.55. The Labute approximate surface area is 149 Å². The summed E-state index contributed by atoms with van der Waals surface area (Å²) in [5, 5.41) is 4.52. The lowest BCUT2D eigenvalue weighted by Gasteiger charge is -2.06. The number of hydrogen-bond donors (Lipinski definition) is 2. The summed E-state index contributed by atoms with van der Waals surface area (Å²) in [4.78, 5) is 21.4. The third-order valence-corrected chi connectivity index (χ3v) is 5.82. The molecule has 2 heterocycles. The fraction of sp³-hybridized carbons (Fsp3) is 0.368. The van der Waals surface area contributed by atoms with Gasteiger partial charge in [-0.1, -0.05) is 6.07 Å². The van der Waals surface area contributed by atoms with E-state index in [2.05, 4.69) is 10.3 Å². The number of nitrogens with zero attached hydrogens (tertiary/aromatic N) is 1. The van der Waals surface area contributed by atoms with Crippen molar-refractivity contribution >= 4 is 28.1 Å². The summed E-state index contributed by atoms with van der Waals surface area (Å²) in [6, 6.07) is 6.35. The Hall–Kier alpha value is -2.21. The van der Waals surface area contributed by atoms with Gasteiger partial charge in [0.25, 0.3) is 5.91 Å². The molecular formula is C19H20FN3OS. The van der Waals surface area contributed by atoms with Gasteiger partial charge in [0, 0.05) is 28.7 Å². The largest absolute Gasteiger partial charge is 0.351 e. The fourth-order valence-electron chi connectivity index (χ4n) is 3.29. The average Bonchev–Trinajstić information content (AvgIpc) is 3.23. The number of carbonyl (C=O) groups is 1. The van der Waals surface area contributed by atoms with E-state index in [9.17, 15) is 9.18 Å². The van der Waals surface area contributed by atoms with E-state index in [1.807, 2.05) is 11.3 Å². The number of aromatic nitrogens is 2. The summed E-state index contributed by atoms with van der Waals surface area (Å²) >= 11 is 1.82. The molecule has 2 aromatic heterocycles. The maximum atomic E-state index is 13.7. The number of aromatic amines is 1. The summed E-state index contributed by atoms with van der Waals surface area (Å²) in [5.41, 5.74) is 2.32. The molecule has 0 saturated heterocycles. The zero-order valence-electron chi connectivity index (χ0n) is 13.9. The average molecular weight is 357 g/mol. The minimum Gasteiger partial charge on any atom is -0.351 e. The molecule has 0 atom stereocenters. The lowest BCUT2D eigenvalue weighted by molar-refractivity contribution is 0.0949. The van der Waals surface area contributed by atoms with Crippen LogP contribution in [0.2, 0.25) is 0 Å². The summed E-state index contributed by atoms with van der Waals surface area (Å²) in [6.07, 6.45) is 6.54. The minimum atomic E-state index is -0.319. The Balaban J connectivity index is 1.31. The second-order valence-corrected chi connectivity index (χ2v) is 7.60. The highest BCUT2D eigenvalue weighted by molar-refractivity contribution is 7.11. The Morgan fingerprint density at radius 2 is 2.20 bits per heavy atom.